The summed E-state index contributed by atoms with van der Waals surface area (Å²) >= 11 is 0. The second-order valence-corrected chi connectivity index (χ2v) is 4.49. The number of carbonyl (C=O) groups is 1. The number of hydrogen-bond acceptors (Lipinski definition) is 4. The third-order valence-electron chi connectivity index (χ3n) is 2.30. The molecule has 0 aliphatic rings. The lowest BCUT2D eigenvalue weighted by Crippen LogP contribution is -2.42. The van der Waals surface area contributed by atoms with Crippen LogP contribution in [0.15, 0.2) is 18.7 Å². The van der Waals surface area contributed by atoms with Crippen molar-refractivity contribution in [3.05, 3.63) is 24.3 Å². The van der Waals surface area contributed by atoms with E-state index in [0.29, 0.717) is 19.0 Å². The summed E-state index contributed by atoms with van der Waals surface area (Å²) < 4.78 is 0. The van der Waals surface area contributed by atoms with E-state index in [1.165, 1.54) is 6.33 Å². The molecule has 0 aliphatic heterocycles. The summed E-state index contributed by atoms with van der Waals surface area (Å²) in [5.41, 5.74) is 0.969. The predicted octanol–water partition coefficient (Wildman–Crippen LogP) is 0.727. The molecule has 0 aliphatic carbocycles. The van der Waals surface area contributed by atoms with E-state index in [-0.39, 0.29) is 11.9 Å². The molecule has 1 atom stereocenters. The number of aromatic nitrogens is 2. The minimum Gasteiger partial charge on any atom is -0.354 e. The monoisotopic (exact) mass is 236 g/mol. The molecule has 2 N–H and O–H groups in total. The zero-order valence-electron chi connectivity index (χ0n) is 10.6. The van der Waals surface area contributed by atoms with Crippen LogP contribution in [0.2, 0.25) is 0 Å². The number of carbonyl (C=O) groups excluding carboxylic acids is 1. The lowest BCUT2D eigenvalue weighted by Gasteiger charge is -2.14. The maximum absolute atomic E-state index is 11.7. The highest BCUT2D eigenvalue weighted by Gasteiger charge is 2.11. The lowest BCUT2D eigenvalue weighted by molar-refractivity contribution is -0.122. The minimum atomic E-state index is -0.214. The molecular weight excluding hydrogens is 216 g/mol. The third-order valence-corrected chi connectivity index (χ3v) is 2.30. The Kier molecular flexibility index (Phi) is 5.56. The molecule has 0 radical (unpaired) electrons. The van der Waals surface area contributed by atoms with Crippen LogP contribution < -0.4 is 10.6 Å². The Morgan fingerprint density at radius 3 is 2.53 bits per heavy atom. The van der Waals surface area contributed by atoms with Crippen LogP contribution in [0.3, 0.4) is 0 Å². The third kappa shape index (κ3) is 5.40. The van der Waals surface area contributed by atoms with E-state index in [1.807, 2.05) is 6.92 Å². The quantitative estimate of drug-likeness (QED) is 0.764. The minimum absolute atomic E-state index is 0.0237. The first kappa shape index (κ1) is 13.6. The van der Waals surface area contributed by atoms with Gasteiger partial charge >= 0.3 is 0 Å². The molecule has 1 aromatic rings. The molecular formula is C12H20N4O. The summed E-state index contributed by atoms with van der Waals surface area (Å²) in [6.07, 6.45) is 4.96. The van der Waals surface area contributed by atoms with E-state index in [2.05, 4.69) is 34.4 Å². The molecule has 1 amide bonds. The molecule has 1 unspecified atom stereocenters. The van der Waals surface area contributed by atoms with E-state index in [1.54, 1.807) is 12.4 Å². The number of rotatable bonds is 6. The van der Waals surface area contributed by atoms with Crippen LogP contribution in [-0.2, 0) is 11.3 Å². The van der Waals surface area contributed by atoms with Crippen LogP contribution in [0.1, 0.15) is 26.3 Å². The summed E-state index contributed by atoms with van der Waals surface area (Å²) in [6, 6.07) is -0.214. The number of nitrogens with zero attached hydrogens (tertiary/aromatic N) is 2. The molecule has 0 aromatic carbocycles. The topological polar surface area (TPSA) is 66.9 Å². The molecule has 1 heterocycles. The van der Waals surface area contributed by atoms with Crippen LogP contribution in [-0.4, -0.2) is 28.5 Å². The Balaban J connectivity index is 2.29. The molecule has 94 valence electrons. The highest BCUT2D eigenvalue weighted by atomic mass is 16.2. The maximum Gasteiger partial charge on any atom is 0.236 e. The van der Waals surface area contributed by atoms with Gasteiger partial charge in [0.15, 0.2) is 0 Å². The van der Waals surface area contributed by atoms with Crippen LogP contribution in [0.4, 0.5) is 0 Å². The zero-order chi connectivity index (χ0) is 12.7. The van der Waals surface area contributed by atoms with Crippen molar-refractivity contribution in [2.45, 2.75) is 33.4 Å². The molecule has 0 saturated heterocycles. The average molecular weight is 236 g/mol. The number of hydrogen-bond donors (Lipinski definition) is 2. The van der Waals surface area contributed by atoms with Gasteiger partial charge in [0.2, 0.25) is 5.91 Å². The molecule has 0 spiro atoms. The van der Waals surface area contributed by atoms with Gasteiger partial charge in [0.1, 0.15) is 6.33 Å². The molecule has 0 bridgehead atoms. The number of nitrogens with one attached hydrogen (secondary N) is 2. The van der Waals surface area contributed by atoms with Crippen molar-refractivity contribution in [3.63, 3.8) is 0 Å². The molecule has 0 fully saturated rings. The molecule has 1 rings (SSSR count). The van der Waals surface area contributed by atoms with Crippen molar-refractivity contribution in [2.75, 3.05) is 6.54 Å². The summed E-state index contributed by atoms with van der Waals surface area (Å²) in [7, 11) is 0. The summed E-state index contributed by atoms with van der Waals surface area (Å²) in [4.78, 5) is 19.5. The van der Waals surface area contributed by atoms with Crippen LogP contribution in [0.5, 0.6) is 0 Å². The molecule has 5 heteroatoms. The fraction of sp³-hybridized carbons (Fsp3) is 0.583. The molecule has 17 heavy (non-hydrogen) atoms. The van der Waals surface area contributed by atoms with Crippen molar-refractivity contribution in [1.29, 1.82) is 0 Å². The van der Waals surface area contributed by atoms with Gasteiger partial charge in [-0.3, -0.25) is 4.79 Å². The zero-order valence-corrected chi connectivity index (χ0v) is 10.6. The first-order valence-electron chi connectivity index (χ1n) is 5.84. The van der Waals surface area contributed by atoms with Crippen molar-refractivity contribution >= 4 is 5.91 Å². The average Bonchev–Trinajstić information content (AvgIpc) is 2.34. The lowest BCUT2D eigenvalue weighted by atomic mass is 10.2. The van der Waals surface area contributed by atoms with E-state index < -0.39 is 0 Å². The summed E-state index contributed by atoms with van der Waals surface area (Å²) in [6.45, 7) is 7.29. The van der Waals surface area contributed by atoms with Gasteiger partial charge in [-0.2, -0.15) is 0 Å². The SMILES string of the molecule is CC(C)CNC(=O)C(C)NCc1cncnc1. The fourth-order valence-corrected chi connectivity index (χ4v) is 1.24. The van der Waals surface area contributed by atoms with Crippen molar-refractivity contribution < 1.29 is 4.79 Å². The van der Waals surface area contributed by atoms with E-state index in [4.69, 9.17) is 0 Å². The Bertz CT molecular complexity index is 340. The smallest absolute Gasteiger partial charge is 0.236 e. The van der Waals surface area contributed by atoms with Gasteiger partial charge in [-0.15, -0.1) is 0 Å². The maximum atomic E-state index is 11.7. The first-order valence-corrected chi connectivity index (χ1v) is 5.84. The predicted molar refractivity (Wildman–Crippen MR) is 66.2 cm³/mol. The van der Waals surface area contributed by atoms with Gasteiger partial charge in [-0.05, 0) is 12.8 Å². The van der Waals surface area contributed by atoms with Gasteiger partial charge in [0, 0.05) is 31.0 Å². The van der Waals surface area contributed by atoms with Crippen molar-refractivity contribution in [2.24, 2.45) is 5.92 Å². The summed E-state index contributed by atoms with van der Waals surface area (Å²) in [5, 5.41) is 6.02. The van der Waals surface area contributed by atoms with Crippen LogP contribution in [0, 0.1) is 5.92 Å². The highest BCUT2D eigenvalue weighted by molar-refractivity contribution is 5.81. The normalized spacial score (nSPS) is 12.5. The second-order valence-electron chi connectivity index (χ2n) is 4.49. The van der Waals surface area contributed by atoms with Crippen LogP contribution >= 0.6 is 0 Å². The van der Waals surface area contributed by atoms with Gasteiger partial charge in [0.25, 0.3) is 0 Å². The Hall–Kier alpha value is -1.49. The Morgan fingerprint density at radius 2 is 1.94 bits per heavy atom. The Labute approximate surface area is 102 Å². The Morgan fingerprint density at radius 1 is 1.29 bits per heavy atom. The highest BCUT2D eigenvalue weighted by Crippen LogP contribution is 1.94. The molecule has 1 aromatic heterocycles. The standard InChI is InChI=1S/C12H20N4O/c1-9(2)4-16-12(17)10(3)15-7-11-5-13-8-14-6-11/h5-6,8-10,15H,4,7H2,1-3H3,(H,16,17). The largest absolute Gasteiger partial charge is 0.354 e. The van der Waals surface area contributed by atoms with E-state index in [0.717, 1.165) is 5.56 Å². The van der Waals surface area contributed by atoms with Gasteiger partial charge < -0.3 is 10.6 Å². The molecule has 5 nitrogen and oxygen atoms in total. The van der Waals surface area contributed by atoms with Gasteiger partial charge in [-0.25, -0.2) is 9.97 Å². The van der Waals surface area contributed by atoms with Gasteiger partial charge in [0.05, 0.1) is 6.04 Å². The van der Waals surface area contributed by atoms with Crippen molar-refractivity contribution in [1.82, 2.24) is 20.6 Å². The van der Waals surface area contributed by atoms with E-state index in [9.17, 15) is 4.79 Å². The van der Waals surface area contributed by atoms with Crippen LogP contribution in [0.25, 0.3) is 0 Å². The first-order chi connectivity index (χ1) is 8.09. The number of amides is 1. The van der Waals surface area contributed by atoms with Crippen molar-refractivity contribution in [3.8, 4) is 0 Å². The second kappa shape index (κ2) is 6.96. The summed E-state index contributed by atoms with van der Waals surface area (Å²) in [5.74, 6) is 0.490. The fourth-order valence-electron chi connectivity index (χ4n) is 1.24. The van der Waals surface area contributed by atoms with Gasteiger partial charge in [-0.1, -0.05) is 13.8 Å². The molecule has 0 saturated carbocycles. The van der Waals surface area contributed by atoms with E-state index >= 15 is 0 Å².